The molecule has 0 aromatic heterocycles. The highest BCUT2D eigenvalue weighted by atomic mass is 16.2. The van der Waals surface area contributed by atoms with Gasteiger partial charge >= 0.3 is 0 Å². The molecule has 19 heavy (non-hydrogen) atoms. The largest absolute Gasteiger partial charge is 0.377 e. The van der Waals surface area contributed by atoms with Gasteiger partial charge in [-0.15, -0.1) is 0 Å². The van der Waals surface area contributed by atoms with E-state index in [-0.39, 0.29) is 11.6 Å². The molecule has 0 N–H and O–H groups in total. The van der Waals surface area contributed by atoms with Gasteiger partial charge in [-0.3, -0.25) is 9.59 Å². The van der Waals surface area contributed by atoms with Gasteiger partial charge in [-0.25, -0.2) is 0 Å². The SMILES string of the molecule is O=C1C(=CN2CCCCCC2)C(=O)c2ccccc21. The van der Waals surface area contributed by atoms with E-state index in [1.807, 2.05) is 0 Å². The minimum Gasteiger partial charge on any atom is -0.377 e. The number of ketones is 2. The van der Waals surface area contributed by atoms with Crippen molar-refractivity contribution < 1.29 is 9.59 Å². The first-order chi connectivity index (χ1) is 9.27. The van der Waals surface area contributed by atoms with Gasteiger partial charge in [0.25, 0.3) is 0 Å². The maximum absolute atomic E-state index is 12.3. The van der Waals surface area contributed by atoms with E-state index >= 15 is 0 Å². The van der Waals surface area contributed by atoms with E-state index < -0.39 is 0 Å². The molecule has 0 radical (unpaired) electrons. The summed E-state index contributed by atoms with van der Waals surface area (Å²) in [5.74, 6) is -0.241. The average molecular weight is 255 g/mol. The maximum Gasteiger partial charge on any atom is 0.199 e. The average Bonchev–Trinajstić information content (AvgIpc) is 2.65. The van der Waals surface area contributed by atoms with Crippen molar-refractivity contribution in [2.45, 2.75) is 25.7 Å². The highest BCUT2D eigenvalue weighted by Gasteiger charge is 2.33. The van der Waals surface area contributed by atoms with Crippen LogP contribution in [-0.4, -0.2) is 29.6 Å². The highest BCUT2D eigenvalue weighted by molar-refractivity contribution is 6.39. The summed E-state index contributed by atoms with van der Waals surface area (Å²) < 4.78 is 0. The molecule has 0 atom stereocenters. The second-order valence-corrected chi connectivity index (χ2v) is 5.20. The third kappa shape index (κ3) is 2.21. The summed E-state index contributed by atoms with van der Waals surface area (Å²) >= 11 is 0. The number of hydrogen-bond acceptors (Lipinski definition) is 3. The summed E-state index contributed by atoms with van der Waals surface area (Å²) in [6.45, 7) is 1.89. The van der Waals surface area contributed by atoms with Crippen molar-refractivity contribution >= 4 is 11.6 Å². The number of Topliss-reactive ketones (excluding diaryl/α,β-unsaturated/α-hetero) is 2. The lowest BCUT2D eigenvalue weighted by molar-refractivity contribution is 0.0985. The Labute approximate surface area is 112 Å². The molecule has 3 rings (SSSR count). The van der Waals surface area contributed by atoms with Crippen LogP contribution in [0.3, 0.4) is 0 Å². The normalized spacial score (nSPS) is 19.4. The Balaban J connectivity index is 1.90. The first-order valence-corrected chi connectivity index (χ1v) is 6.91. The Morgan fingerprint density at radius 2 is 1.37 bits per heavy atom. The molecule has 3 nitrogen and oxygen atoms in total. The fraction of sp³-hybridized carbons (Fsp3) is 0.375. The quantitative estimate of drug-likeness (QED) is 0.572. The van der Waals surface area contributed by atoms with Crippen LogP contribution in [-0.2, 0) is 0 Å². The third-order valence-electron chi connectivity index (χ3n) is 3.86. The standard InChI is InChI=1S/C16H17NO2/c18-15-12-7-3-4-8-13(12)16(19)14(15)11-17-9-5-1-2-6-10-17/h3-4,7-8,11H,1-2,5-6,9-10H2. The van der Waals surface area contributed by atoms with Crippen LogP contribution in [0.15, 0.2) is 36.0 Å². The molecule has 1 aliphatic carbocycles. The van der Waals surface area contributed by atoms with Crippen LogP contribution in [0.25, 0.3) is 0 Å². The lowest BCUT2D eigenvalue weighted by Gasteiger charge is -2.17. The fourth-order valence-corrected chi connectivity index (χ4v) is 2.80. The van der Waals surface area contributed by atoms with Gasteiger partial charge in [0.2, 0.25) is 0 Å². The topological polar surface area (TPSA) is 37.4 Å². The molecule has 1 heterocycles. The number of rotatable bonds is 1. The van der Waals surface area contributed by atoms with Gasteiger partial charge in [-0.05, 0) is 12.8 Å². The lowest BCUT2D eigenvalue weighted by atomic mass is 10.1. The second-order valence-electron chi connectivity index (χ2n) is 5.20. The molecule has 1 aromatic rings. The Hall–Kier alpha value is -1.90. The van der Waals surface area contributed by atoms with Crippen molar-refractivity contribution in [1.29, 1.82) is 0 Å². The molecule has 0 unspecified atom stereocenters. The van der Waals surface area contributed by atoms with E-state index in [0.29, 0.717) is 16.7 Å². The molecule has 98 valence electrons. The summed E-state index contributed by atoms with van der Waals surface area (Å²) in [4.78, 5) is 26.6. The number of carbonyl (C=O) groups is 2. The first-order valence-electron chi connectivity index (χ1n) is 6.91. The summed E-state index contributed by atoms with van der Waals surface area (Å²) in [7, 11) is 0. The van der Waals surface area contributed by atoms with Crippen molar-refractivity contribution in [1.82, 2.24) is 4.90 Å². The van der Waals surface area contributed by atoms with Gasteiger partial charge in [-0.1, -0.05) is 37.1 Å². The van der Waals surface area contributed by atoms with Gasteiger partial charge in [0.15, 0.2) is 11.6 Å². The Bertz CT molecular complexity index is 515. The Morgan fingerprint density at radius 3 is 1.89 bits per heavy atom. The molecule has 2 aliphatic rings. The minimum absolute atomic E-state index is 0.121. The van der Waals surface area contributed by atoms with Crippen LogP contribution in [0.5, 0.6) is 0 Å². The molecule has 3 heteroatoms. The minimum atomic E-state index is -0.121. The fourth-order valence-electron chi connectivity index (χ4n) is 2.80. The van der Waals surface area contributed by atoms with E-state index in [1.54, 1.807) is 30.5 Å². The first kappa shape index (κ1) is 12.2. The predicted molar refractivity (Wildman–Crippen MR) is 73.2 cm³/mol. The van der Waals surface area contributed by atoms with Crippen molar-refractivity contribution in [3.8, 4) is 0 Å². The van der Waals surface area contributed by atoms with E-state index in [4.69, 9.17) is 0 Å². The third-order valence-corrected chi connectivity index (χ3v) is 3.86. The van der Waals surface area contributed by atoms with Gasteiger partial charge in [0, 0.05) is 30.4 Å². The number of allylic oxidation sites excluding steroid dienone is 1. The van der Waals surface area contributed by atoms with Crippen molar-refractivity contribution in [2.24, 2.45) is 0 Å². The van der Waals surface area contributed by atoms with Gasteiger partial charge in [0.1, 0.15) is 0 Å². The molecule has 1 saturated heterocycles. The van der Waals surface area contributed by atoms with Crippen molar-refractivity contribution in [3.05, 3.63) is 47.2 Å². The Kier molecular flexibility index (Phi) is 3.20. The number of likely N-dealkylation sites (tertiary alicyclic amines) is 1. The summed E-state index contributed by atoms with van der Waals surface area (Å²) in [6, 6.07) is 7.08. The molecule has 1 aliphatic heterocycles. The molecular formula is C16H17NO2. The number of hydrogen-bond donors (Lipinski definition) is 0. The number of fused-ring (bicyclic) bond motifs is 1. The van der Waals surface area contributed by atoms with Crippen molar-refractivity contribution in [2.75, 3.05) is 13.1 Å². The molecule has 1 aromatic carbocycles. The zero-order valence-corrected chi connectivity index (χ0v) is 10.9. The molecule has 1 fully saturated rings. The van der Waals surface area contributed by atoms with Gasteiger partial charge < -0.3 is 4.90 Å². The van der Waals surface area contributed by atoms with Crippen LogP contribution in [0.1, 0.15) is 46.4 Å². The van der Waals surface area contributed by atoms with E-state index in [9.17, 15) is 9.59 Å². The zero-order chi connectivity index (χ0) is 13.2. The Morgan fingerprint density at radius 1 is 0.842 bits per heavy atom. The molecule has 0 saturated carbocycles. The molecular weight excluding hydrogens is 238 g/mol. The van der Waals surface area contributed by atoms with Crippen LogP contribution >= 0.6 is 0 Å². The van der Waals surface area contributed by atoms with E-state index in [2.05, 4.69) is 4.90 Å². The summed E-state index contributed by atoms with van der Waals surface area (Å²) in [5, 5.41) is 0. The maximum atomic E-state index is 12.3. The molecule has 0 amide bonds. The monoisotopic (exact) mass is 255 g/mol. The number of nitrogens with zero attached hydrogens (tertiary/aromatic N) is 1. The van der Waals surface area contributed by atoms with E-state index in [1.165, 1.54) is 12.8 Å². The van der Waals surface area contributed by atoms with Crippen molar-refractivity contribution in [3.63, 3.8) is 0 Å². The van der Waals surface area contributed by atoms with Gasteiger partial charge in [-0.2, -0.15) is 0 Å². The van der Waals surface area contributed by atoms with Crippen LogP contribution in [0.2, 0.25) is 0 Å². The van der Waals surface area contributed by atoms with E-state index in [0.717, 1.165) is 25.9 Å². The zero-order valence-electron chi connectivity index (χ0n) is 10.9. The second kappa shape index (κ2) is 5.00. The van der Waals surface area contributed by atoms with Crippen LogP contribution < -0.4 is 0 Å². The number of benzene rings is 1. The summed E-state index contributed by atoms with van der Waals surface area (Å²) in [5.41, 5.74) is 1.44. The smallest absolute Gasteiger partial charge is 0.199 e. The van der Waals surface area contributed by atoms with Gasteiger partial charge in [0.05, 0.1) is 5.57 Å². The number of carbonyl (C=O) groups excluding carboxylic acids is 2. The molecule has 0 bridgehead atoms. The summed E-state index contributed by atoms with van der Waals surface area (Å²) in [6.07, 6.45) is 6.54. The molecule has 0 spiro atoms. The lowest BCUT2D eigenvalue weighted by Crippen LogP contribution is -2.20. The highest BCUT2D eigenvalue weighted by Crippen LogP contribution is 2.26. The van der Waals surface area contributed by atoms with Crippen LogP contribution in [0.4, 0.5) is 0 Å². The predicted octanol–water partition coefficient (Wildman–Crippen LogP) is 2.83. The van der Waals surface area contributed by atoms with Crippen LogP contribution in [0, 0.1) is 0 Å².